The molecule has 33 heavy (non-hydrogen) atoms. The van der Waals surface area contributed by atoms with Gasteiger partial charge in [-0.1, -0.05) is 30.3 Å². The van der Waals surface area contributed by atoms with Crippen LogP contribution >= 0.6 is 0 Å². The first kappa shape index (κ1) is 21.7. The van der Waals surface area contributed by atoms with Gasteiger partial charge in [0.15, 0.2) is 0 Å². The number of nitro benzene ring substituents is 1. The topological polar surface area (TPSA) is 110 Å². The highest BCUT2D eigenvalue weighted by Crippen LogP contribution is 2.32. The third-order valence-corrected chi connectivity index (χ3v) is 5.17. The summed E-state index contributed by atoms with van der Waals surface area (Å²) in [6.45, 7) is 1.72. The highest BCUT2D eigenvalue weighted by molar-refractivity contribution is 6.22. The molecule has 1 heterocycles. The number of anilines is 1. The molecule has 0 saturated heterocycles. The van der Waals surface area contributed by atoms with E-state index in [0.29, 0.717) is 18.0 Å². The summed E-state index contributed by atoms with van der Waals surface area (Å²) in [6.07, 6.45) is 0. The van der Waals surface area contributed by atoms with Crippen molar-refractivity contribution in [2.75, 3.05) is 18.2 Å². The minimum absolute atomic E-state index is 0.0344. The molecule has 1 aliphatic rings. The van der Waals surface area contributed by atoms with Gasteiger partial charge in [0.2, 0.25) is 0 Å². The van der Waals surface area contributed by atoms with Crippen LogP contribution in [0.5, 0.6) is 5.75 Å². The zero-order valence-corrected chi connectivity index (χ0v) is 17.6. The lowest BCUT2D eigenvalue weighted by atomic mass is 10.1. The molecule has 1 aliphatic heterocycles. The first-order valence-electron chi connectivity index (χ1n) is 10.2. The van der Waals surface area contributed by atoms with Crippen LogP contribution in [-0.4, -0.2) is 40.8 Å². The molecular weight excluding hydrogens is 426 g/mol. The van der Waals surface area contributed by atoms with Gasteiger partial charge in [0.05, 0.1) is 28.3 Å². The fourth-order valence-electron chi connectivity index (χ4n) is 3.62. The molecule has 0 radical (unpaired) electrons. The maximum absolute atomic E-state index is 13.5. The van der Waals surface area contributed by atoms with Gasteiger partial charge in [-0.3, -0.25) is 34.3 Å². The van der Waals surface area contributed by atoms with Gasteiger partial charge >= 0.3 is 0 Å². The summed E-state index contributed by atoms with van der Waals surface area (Å²) >= 11 is 0. The van der Waals surface area contributed by atoms with Crippen LogP contribution in [0.2, 0.25) is 0 Å². The largest absolute Gasteiger partial charge is 0.492 e. The lowest BCUT2D eigenvalue weighted by molar-refractivity contribution is -0.384. The number of imide groups is 1. The second-order valence-electron chi connectivity index (χ2n) is 7.17. The molecule has 3 aromatic rings. The highest BCUT2D eigenvalue weighted by atomic mass is 16.6. The molecule has 3 amide bonds. The van der Waals surface area contributed by atoms with E-state index >= 15 is 0 Å². The number of ether oxygens (including phenoxy) is 1. The number of fused-ring (bicyclic) bond motifs is 1. The first-order chi connectivity index (χ1) is 15.9. The number of nitrogens with zero attached hydrogens (tertiary/aromatic N) is 3. The van der Waals surface area contributed by atoms with Crippen molar-refractivity contribution in [1.82, 2.24) is 4.90 Å². The van der Waals surface area contributed by atoms with Gasteiger partial charge in [0.1, 0.15) is 12.4 Å². The van der Waals surface area contributed by atoms with E-state index in [-0.39, 0.29) is 22.4 Å². The Morgan fingerprint density at radius 2 is 1.61 bits per heavy atom. The van der Waals surface area contributed by atoms with Crippen molar-refractivity contribution < 1.29 is 24.0 Å². The van der Waals surface area contributed by atoms with E-state index in [1.807, 2.05) is 0 Å². The van der Waals surface area contributed by atoms with Crippen molar-refractivity contribution in [2.45, 2.75) is 6.92 Å². The van der Waals surface area contributed by atoms with Crippen molar-refractivity contribution >= 4 is 29.1 Å². The van der Waals surface area contributed by atoms with Gasteiger partial charge in [-0.05, 0) is 37.3 Å². The molecule has 9 heteroatoms. The number of nitro groups is 1. The van der Waals surface area contributed by atoms with Crippen molar-refractivity contribution in [3.05, 3.63) is 99.6 Å². The maximum Gasteiger partial charge on any atom is 0.270 e. The summed E-state index contributed by atoms with van der Waals surface area (Å²) in [7, 11) is 0. The molecule has 0 fully saturated rings. The zero-order valence-electron chi connectivity index (χ0n) is 17.6. The number of benzene rings is 3. The number of hydrogen-bond acceptors (Lipinski definition) is 6. The van der Waals surface area contributed by atoms with E-state index in [2.05, 4.69) is 0 Å². The maximum atomic E-state index is 13.5. The van der Waals surface area contributed by atoms with Gasteiger partial charge in [0, 0.05) is 17.7 Å². The minimum atomic E-state index is -0.623. The molecule has 4 rings (SSSR count). The number of rotatable bonds is 7. The minimum Gasteiger partial charge on any atom is -0.492 e. The standard InChI is InChI=1S/C24H19N3O6/c1-2-33-21-13-6-5-12-20(21)25(22(28)16-8-7-9-17(14-16)27(31)32)15-26-23(29)18-10-3-4-11-19(18)24(26)30/h3-14H,2,15H2,1H3. The lowest BCUT2D eigenvalue weighted by Crippen LogP contribution is -2.44. The summed E-state index contributed by atoms with van der Waals surface area (Å²) in [5.41, 5.74) is 0.617. The fourth-order valence-corrected chi connectivity index (χ4v) is 3.62. The van der Waals surface area contributed by atoms with E-state index in [0.717, 1.165) is 11.0 Å². The summed E-state index contributed by atoms with van der Waals surface area (Å²) < 4.78 is 5.66. The monoisotopic (exact) mass is 445 g/mol. The van der Waals surface area contributed by atoms with E-state index in [9.17, 15) is 24.5 Å². The predicted molar refractivity (Wildman–Crippen MR) is 119 cm³/mol. The number of para-hydroxylation sites is 2. The lowest BCUT2D eigenvalue weighted by Gasteiger charge is -2.28. The molecule has 0 saturated carbocycles. The number of carbonyl (C=O) groups excluding carboxylic acids is 3. The van der Waals surface area contributed by atoms with Crippen molar-refractivity contribution in [2.24, 2.45) is 0 Å². The van der Waals surface area contributed by atoms with Crippen LogP contribution in [0.25, 0.3) is 0 Å². The van der Waals surface area contributed by atoms with Crippen LogP contribution in [0.4, 0.5) is 11.4 Å². The number of amides is 3. The van der Waals surface area contributed by atoms with Gasteiger partial charge in [-0.25, -0.2) is 0 Å². The van der Waals surface area contributed by atoms with Crippen LogP contribution in [0.1, 0.15) is 38.0 Å². The normalized spacial score (nSPS) is 12.5. The smallest absolute Gasteiger partial charge is 0.270 e. The molecule has 9 nitrogen and oxygen atoms in total. The molecule has 0 unspecified atom stereocenters. The summed E-state index contributed by atoms with van der Waals surface area (Å²) in [5, 5.41) is 11.2. The average Bonchev–Trinajstić information content (AvgIpc) is 3.07. The molecule has 3 aromatic carbocycles. The molecule has 0 spiro atoms. The number of carbonyl (C=O) groups is 3. The molecule has 166 valence electrons. The number of hydrogen-bond donors (Lipinski definition) is 0. The van der Waals surface area contributed by atoms with Crippen LogP contribution < -0.4 is 9.64 Å². The Morgan fingerprint density at radius 3 is 2.24 bits per heavy atom. The van der Waals surface area contributed by atoms with Gasteiger partial charge in [-0.2, -0.15) is 0 Å². The Kier molecular flexibility index (Phi) is 5.86. The fraction of sp³-hybridized carbons (Fsp3) is 0.125. The molecule has 0 aliphatic carbocycles. The summed E-state index contributed by atoms with van der Waals surface area (Å²) in [6, 6.07) is 18.4. The van der Waals surface area contributed by atoms with E-state index in [1.54, 1.807) is 55.5 Å². The van der Waals surface area contributed by atoms with Gasteiger partial charge in [0.25, 0.3) is 23.4 Å². The number of non-ortho nitro benzene ring substituents is 1. The van der Waals surface area contributed by atoms with Gasteiger partial charge in [-0.15, -0.1) is 0 Å². The van der Waals surface area contributed by atoms with Crippen LogP contribution in [0.15, 0.2) is 72.8 Å². The summed E-state index contributed by atoms with van der Waals surface area (Å²) in [5.74, 6) is -1.31. The predicted octanol–water partition coefficient (Wildman–Crippen LogP) is 3.89. The third kappa shape index (κ3) is 4.03. The molecule has 0 bridgehead atoms. The quantitative estimate of drug-likeness (QED) is 0.310. The molecular formula is C24H19N3O6. The third-order valence-electron chi connectivity index (χ3n) is 5.17. The van der Waals surface area contributed by atoms with Crippen molar-refractivity contribution in [1.29, 1.82) is 0 Å². The Bertz CT molecular complexity index is 1240. The van der Waals surface area contributed by atoms with E-state index in [4.69, 9.17) is 4.74 Å². The van der Waals surface area contributed by atoms with Crippen molar-refractivity contribution in [3.8, 4) is 5.75 Å². The first-order valence-corrected chi connectivity index (χ1v) is 10.2. The van der Waals surface area contributed by atoms with Gasteiger partial charge < -0.3 is 4.74 Å². The zero-order chi connectivity index (χ0) is 23.5. The second kappa shape index (κ2) is 8.91. The Balaban J connectivity index is 1.77. The highest BCUT2D eigenvalue weighted by Gasteiger charge is 2.38. The molecule has 0 aromatic heterocycles. The van der Waals surface area contributed by atoms with E-state index in [1.165, 1.54) is 23.1 Å². The average molecular weight is 445 g/mol. The Morgan fingerprint density at radius 1 is 0.970 bits per heavy atom. The Hall–Kier alpha value is -4.53. The Labute approximate surface area is 189 Å². The van der Waals surface area contributed by atoms with Crippen molar-refractivity contribution in [3.63, 3.8) is 0 Å². The van der Waals surface area contributed by atoms with E-state index < -0.39 is 29.3 Å². The van der Waals surface area contributed by atoms with Crippen LogP contribution in [-0.2, 0) is 0 Å². The summed E-state index contributed by atoms with van der Waals surface area (Å²) in [4.78, 5) is 52.2. The molecule has 0 N–H and O–H groups in total. The van der Waals surface area contributed by atoms with Crippen LogP contribution in [0, 0.1) is 10.1 Å². The molecule has 0 atom stereocenters. The van der Waals surface area contributed by atoms with Crippen LogP contribution in [0.3, 0.4) is 0 Å². The second-order valence-corrected chi connectivity index (χ2v) is 7.17. The SMILES string of the molecule is CCOc1ccccc1N(CN1C(=O)c2ccccc2C1=O)C(=O)c1cccc([N+](=O)[O-])c1.